The highest BCUT2D eigenvalue weighted by atomic mass is 35.5. The summed E-state index contributed by atoms with van der Waals surface area (Å²) in [4.78, 5) is 12.3. The van der Waals surface area contributed by atoms with Crippen molar-refractivity contribution in [2.24, 2.45) is 5.92 Å². The van der Waals surface area contributed by atoms with E-state index >= 15 is 0 Å². The molecule has 3 rings (SSSR count). The van der Waals surface area contributed by atoms with Crippen LogP contribution in [-0.4, -0.2) is 34.8 Å². The monoisotopic (exact) mass is 326 g/mol. The average molecular weight is 327 g/mol. The summed E-state index contributed by atoms with van der Waals surface area (Å²) in [5.41, 5.74) is 0.554. The number of rotatable bonds is 3. The second-order valence-corrected chi connectivity index (χ2v) is 6.62. The third-order valence-corrected chi connectivity index (χ3v) is 4.76. The molecule has 2 N–H and O–H groups in total. The standard InChI is InChI=1S/C16H26N4O.ClH/c1-12-4-2-5-13(10-12)18-16(21)15-7-9-20(19-15)14-6-3-8-17-11-14;/h7,9,12-14,17H,2-6,8,10-11H2,1H3,(H,18,21);1H. The maximum atomic E-state index is 12.3. The zero-order valence-electron chi connectivity index (χ0n) is 13.3. The molecule has 5 nitrogen and oxygen atoms in total. The van der Waals surface area contributed by atoms with Gasteiger partial charge in [-0.05, 0) is 44.2 Å². The lowest BCUT2D eigenvalue weighted by Gasteiger charge is -2.27. The van der Waals surface area contributed by atoms with E-state index in [-0.39, 0.29) is 18.3 Å². The van der Waals surface area contributed by atoms with Crippen LogP contribution in [-0.2, 0) is 0 Å². The van der Waals surface area contributed by atoms with Crippen molar-refractivity contribution in [1.82, 2.24) is 20.4 Å². The lowest BCUT2D eigenvalue weighted by Crippen LogP contribution is -2.38. The smallest absolute Gasteiger partial charge is 0.271 e. The summed E-state index contributed by atoms with van der Waals surface area (Å²) in [7, 11) is 0. The Morgan fingerprint density at radius 1 is 1.36 bits per heavy atom. The van der Waals surface area contributed by atoms with Crippen LogP contribution >= 0.6 is 12.4 Å². The van der Waals surface area contributed by atoms with Gasteiger partial charge in [0.2, 0.25) is 0 Å². The molecule has 3 unspecified atom stereocenters. The van der Waals surface area contributed by atoms with Crippen molar-refractivity contribution in [2.45, 2.75) is 57.5 Å². The number of hydrogen-bond donors (Lipinski definition) is 2. The minimum absolute atomic E-state index is 0. The van der Waals surface area contributed by atoms with Crippen molar-refractivity contribution in [1.29, 1.82) is 0 Å². The number of aromatic nitrogens is 2. The zero-order valence-corrected chi connectivity index (χ0v) is 14.1. The van der Waals surface area contributed by atoms with Crippen molar-refractivity contribution < 1.29 is 4.79 Å². The molecule has 0 aromatic carbocycles. The molecule has 1 saturated carbocycles. The summed E-state index contributed by atoms with van der Waals surface area (Å²) in [6.07, 6.45) is 8.95. The minimum atomic E-state index is -0.0170. The Morgan fingerprint density at radius 3 is 2.95 bits per heavy atom. The lowest BCUT2D eigenvalue weighted by atomic mass is 9.87. The predicted octanol–water partition coefficient (Wildman–Crippen LogP) is 2.54. The molecule has 22 heavy (non-hydrogen) atoms. The molecule has 1 aromatic heterocycles. The van der Waals surface area contributed by atoms with Gasteiger partial charge in [0, 0.05) is 18.8 Å². The van der Waals surface area contributed by atoms with E-state index in [4.69, 9.17) is 0 Å². The van der Waals surface area contributed by atoms with Crippen LogP contribution in [0.15, 0.2) is 12.3 Å². The molecule has 124 valence electrons. The molecule has 1 aliphatic heterocycles. The fraction of sp³-hybridized carbons (Fsp3) is 0.750. The molecular weight excluding hydrogens is 300 g/mol. The van der Waals surface area contributed by atoms with Gasteiger partial charge in [0.15, 0.2) is 0 Å². The SMILES string of the molecule is CC1CCCC(NC(=O)c2ccn(C3CCCNC3)n2)C1.Cl. The molecule has 1 aliphatic carbocycles. The van der Waals surface area contributed by atoms with E-state index in [0.29, 0.717) is 17.8 Å². The van der Waals surface area contributed by atoms with Gasteiger partial charge in [0.25, 0.3) is 5.91 Å². The summed E-state index contributed by atoms with van der Waals surface area (Å²) < 4.78 is 1.95. The molecule has 2 fully saturated rings. The van der Waals surface area contributed by atoms with Crippen molar-refractivity contribution >= 4 is 18.3 Å². The molecule has 2 aliphatic rings. The number of hydrogen-bond acceptors (Lipinski definition) is 3. The van der Waals surface area contributed by atoms with Gasteiger partial charge in [-0.1, -0.05) is 19.8 Å². The maximum absolute atomic E-state index is 12.3. The molecule has 6 heteroatoms. The van der Waals surface area contributed by atoms with E-state index in [1.54, 1.807) is 0 Å². The first-order valence-corrected chi connectivity index (χ1v) is 8.29. The first kappa shape index (κ1) is 17.3. The Hall–Kier alpha value is -1.07. The van der Waals surface area contributed by atoms with Crippen molar-refractivity contribution in [2.75, 3.05) is 13.1 Å². The van der Waals surface area contributed by atoms with Gasteiger partial charge in [-0.25, -0.2) is 0 Å². The van der Waals surface area contributed by atoms with E-state index in [1.165, 1.54) is 19.3 Å². The number of halogens is 1. The highest BCUT2D eigenvalue weighted by molar-refractivity contribution is 5.92. The molecule has 1 aromatic rings. The highest BCUT2D eigenvalue weighted by Gasteiger charge is 2.22. The quantitative estimate of drug-likeness (QED) is 0.897. The first-order valence-electron chi connectivity index (χ1n) is 8.29. The van der Waals surface area contributed by atoms with Gasteiger partial charge in [-0.15, -0.1) is 12.4 Å². The Bertz CT molecular complexity index is 484. The summed E-state index contributed by atoms with van der Waals surface area (Å²) in [5, 5.41) is 11.0. The van der Waals surface area contributed by atoms with Crippen molar-refractivity contribution in [3.8, 4) is 0 Å². The van der Waals surface area contributed by atoms with Crippen LogP contribution in [0, 0.1) is 5.92 Å². The van der Waals surface area contributed by atoms with Crippen LogP contribution in [0.3, 0.4) is 0 Å². The molecule has 1 amide bonds. The van der Waals surface area contributed by atoms with Gasteiger partial charge in [0.05, 0.1) is 6.04 Å². The van der Waals surface area contributed by atoms with Crippen LogP contribution in [0.2, 0.25) is 0 Å². The third kappa shape index (κ3) is 4.23. The van der Waals surface area contributed by atoms with Crippen molar-refractivity contribution in [3.05, 3.63) is 18.0 Å². The van der Waals surface area contributed by atoms with E-state index in [1.807, 2.05) is 16.9 Å². The number of carbonyl (C=O) groups is 1. The number of carbonyl (C=O) groups excluding carboxylic acids is 1. The van der Waals surface area contributed by atoms with Crippen LogP contribution in [0.5, 0.6) is 0 Å². The topological polar surface area (TPSA) is 59.0 Å². The predicted molar refractivity (Wildman–Crippen MR) is 89.5 cm³/mol. The Labute approximate surface area is 138 Å². The molecule has 0 spiro atoms. The third-order valence-electron chi connectivity index (χ3n) is 4.76. The lowest BCUT2D eigenvalue weighted by molar-refractivity contribution is 0.0915. The number of nitrogens with zero attached hydrogens (tertiary/aromatic N) is 2. The van der Waals surface area contributed by atoms with Gasteiger partial charge < -0.3 is 10.6 Å². The number of nitrogens with one attached hydrogen (secondary N) is 2. The minimum Gasteiger partial charge on any atom is -0.348 e. The van der Waals surface area contributed by atoms with Gasteiger partial charge >= 0.3 is 0 Å². The first-order chi connectivity index (χ1) is 10.2. The highest BCUT2D eigenvalue weighted by Crippen LogP contribution is 2.23. The van der Waals surface area contributed by atoms with Gasteiger partial charge in [0.1, 0.15) is 5.69 Å². The Kier molecular flexibility index (Phi) is 6.26. The fourth-order valence-electron chi connectivity index (χ4n) is 3.55. The molecule has 0 radical (unpaired) electrons. The summed E-state index contributed by atoms with van der Waals surface area (Å²) >= 11 is 0. The van der Waals surface area contributed by atoms with Crippen molar-refractivity contribution in [3.63, 3.8) is 0 Å². The fourth-order valence-corrected chi connectivity index (χ4v) is 3.55. The summed E-state index contributed by atoms with van der Waals surface area (Å²) in [5.74, 6) is 0.700. The summed E-state index contributed by atoms with van der Waals surface area (Å²) in [6.45, 7) is 4.30. The molecule has 1 saturated heterocycles. The summed E-state index contributed by atoms with van der Waals surface area (Å²) in [6, 6.07) is 2.55. The van der Waals surface area contributed by atoms with Crippen LogP contribution in [0.4, 0.5) is 0 Å². The second kappa shape index (κ2) is 7.97. The molecule has 0 bridgehead atoms. The Morgan fingerprint density at radius 2 is 2.23 bits per heavy atom. The molecule has 2 heterocycles. The average Bonchev–Trinajstić information content (AvgIpc) is 2.98. The van der Waals surface area contributed by atoms with E-state index in [0.717, 1.165) is 38.3 Å². The van der Waals surface area contributed by atoms with Crippen LogP contribution in [0.1, 0.15) is 62.0 Å². The van der Waals surface area contributed by atoms with Crippen LogP contribution < -0.4 is 10.6 Å². The Balaban J connectivity index is 0.00000176. The zero-order chi connectivity index (χ0) is 14.7. The van der Waals surface area contributed by atoms with E-state index in [9.17, 15) is 4.79 Å². The number of amides is 1. The normalized spacial score (nSPS) is 28.7. The molecule has 3 atom stereocenters. The van der Waals surface area contributed by atoms with Gasteiger partial charge in [-0.3, -0.25) is 9.48 Å². The van der Waals surface area contributed by atoms with E-state index < -0.39 is 0 Å². The number of piperidine rings is 1. The largest absolute Gasteiger partial charge is 0.348 e. The maximum Gasteiger partial charge on any atom is 0.271 e. The van der Waals surface area contributed by atoms with E-state index in [2.05, 4.69) is 22.7 Å². The molecular formula is C16H27ClN4O. The van der Waals surface area contributed by atoms with Crippen LogP contribution in [0.25, 0.3) is 0 Å². The van der Waals surface area contributed by atoms with Gasteiger partial charge in [-0.2, -0.15) is 5.10 Å². The second-order valence-electron chi connectivity index (χ2n) is 6.62.